The van der Waals surface area contributed by atoms with E-state index in [0.717, 1.165) is 38.2 Å². The van der Waals surface area contributed by atoms with Crippen LogP contribution in [0, 0.1) is 0 Å². The van der Waals surface area contributed by atoms with Gasteiger partial charge < -0.3 is 10.2 Å². The van der Waals surface area contributed by atoms with E-state index in [-0.39, 0.29) is 0 Å². The molecular formula is C18H25N3. The largest absolute Gasteiger partial charge is 0.374 e. The summed E-state index contributed by atoms with van der Waals surface area (Å²) in [4.78, 5) is 6.71. The summed E-state index contributed by atoms with van der Waals surface area (Å²) in [5.74, 6) is 0. The van der Waals surface area contributed by atoms with Crippen LogP contribution in [0.5, 0.6) is 0 Å². The molecule has 0 amide bonds. The van der Waals surface area contributed by atoms with Crippen molar-refractivity contribution in [3.63, 3.8) is 0 Å². The van der Waals surface area contributed by atoms with Crippen LogP contribution in [0.3, 0.4) is 0 Å². The SMILES string of the molecule is CCCNCc1ccccc1N(C)CCc1ccccn1. The van der Waals surface area contributed by atoms with Gasteiger partial charge in [0.05, 0.1) is 0 Å². The Hall–Kier alpha value is -1.87. The highest BCUT2D eigenvalue weighted by Gasteiger charge is 2.07. The zero-order valence-electron chi connectivity index (χ0n) is 13.0. The smallest absolute Gasteiger partial charge is 0.0421 e. The Kier molecular flexibility index (Phi) is 6.22. The normalized spacial score (nSPS) is 10.6. The average molecular weight is 283 g/mol. The lowest BCUT2D eigenvalue weighted by molar-refractivity contribution is 0.673. The maximum absolute atomic E-state index is 4.39. The lowest BCUT2D eigenvalue weighted by Crippen LogP contribution is -2.23. The van der Waals surface area contributed by atoms with Crippen LogP contribution in [-0.2, 0) is 13.0 Å². The van der Waals surface area contributed by atoms with Gasteiger partial charge in [0.25, 0.3) is 0 Å². The third-order valence-electron chi connectivity index (χ3n) is 3.57. The second-order valence-electron chi connectivity index (χ2n) is 5.30. The average Bonchev–Trinajstić information content (AvgIpc) is 2.54. The number of likely N-dealkylation sites (N-methyl/N-ethyl adjacent to an activating group) is 1. The third kappa shape index (κ3) is 4.87. The van der Waals surface area contributed by atoms with E-state index in [0.29, 0.717) is 0 Å². The van der Waals surface area contributed by atoms with Crippen LogP contribution in [0.15, 0.2) is 48.7 Å². The molecular weight excluding hydrogens is 258 g/mol. The fourth-order valence-electron chi connectivity index (χ4n) is 2.38. The predicted molar refractivity (Wildman–Crippen MR) is 89.7 cm³/mol. The third-order valence-corrected chi connectivity index (χ3v) is 3.57. The quantitative estimate of drug-likeness (QED) is 0.754. The molecule has 0 aliphatic carbocycles. The number of pyridine rings is 1. The zero-order valence-corrected chi connectivity index (χ0v) is 13.0. The molecule has 0 aliphatic rings. The number of nitrogens with zero attached hydrogens (tertiary/aromatic N) is 2. The molecule has 21 heavy (non-hydrogen) atoms. The van der Waals surface area contributed by atoms with Crippen molar-refractivity contribution < 1.29 is 0 Å². The monoisotopic (exact) mass is 283 g/mol. The van der Waals surface area contributed by atoms with E-state index in [9.17, 15) is 0 Å². The van der Waals surface area contributed by atoms with Gasteiger partial charge in [-0.1, -0.05) is 31.2 Å². The number of para-hydroxylation sites is 1. The fourth-order valence-corrected chi connectivity index (χ4v) is 2.38. The lowest BCUT2D eigenvalue weighted by atomic mass is 10.1. The summed E-state index contributed by atoms with van der Waals surface area (Å²) < 4.78 is 0. The van der Waals surface area contributed by atoms with E-state index >= 15 is 0 Å². The Morgan fingerprint density at radius 3 is 2.67 bits per heavy atom. The van der Waals surface area contributed by atoms with E-state index in [1.165, 1.54) is 11.3 Å². The molecule has 0 fully saturated rings. The molecule has 3 heteroatoms. The summed E-state index contributed by atoms with van der Waals surface area (Å²) in [6.45, 7) is 5.16. The Bertz CT molecular complexity index is 525. The molecule has 2 aromatic rings. The molecule has 0 aliphatic heterocycles. The van der Waals surface area contributed by atoms with Gasteiger partial charge in [0.2, 0.25) is 0 Å². The Morgan fingerprint density at radius 2 is 1.90 bits per heavy atom. The van der Waals surface area contributed by atoms with Crippen LogP contribution in [0.2, 0.25) is 0 Å². The minimum absolute atomic E-state index is 0.929. The molecule has 0 saturated heterocycles. The van der Waals surface area contributed by atoms with Crippen LogP contribution in [0.25, 0.3) is 0 Å². The molecule has 1 N–H and O–H groups in total. The second-order valence-corrected chi connectivity index (χ2v) is 5.30. The van der Waals surface area contributed by atoms with Gasteiger partial charge in [-0.2, -0.15) is 0 Å². The fraction of sp³-hybridized carbons (Fsp3) is 0.389. The number of rotatable bonds is 8. The van der Waals surface area contributed by atoms with Crippen molar-refractivity contribution >= 4 is 5.69 Å². The Morgan fingerprint density at radius 1 is 1.10 bits per heavy atom. The van der Waals surface area contributed by atoms with Gasteiger partial charge in [-0.3, -0.25) is 4.98 Å². The maximum Gasteiger partial charge on any atom is 0.0421 e. The first kappa shape index (κ1) is 15.5. The van der Waals surface area contributed by atoms with Crippen molar-refractivity contribution in [2.45, 2.75) is 26.3 Å². The van der Waals surface area contributed by atoms with E-state index < -0.39 is 0 Å². The summed E-state index contributed by atoms with van der Waals surface area (Å²) in [7, 11) is 2.15. The van der Waals surface area contributed by atoms with Crippen molar-refractivity contribution in [2.24, 2.45) is 0 Å². The predicted octanol–water partition coefficient (Wildman–Crippen LogP) is 3.26. The lowest BCUT2D eigenvalue weighted by Gasteiger charge is -2.22. The molecule has 1 heterocycles. The summed E-state index contributed by atoms with van der Waals surface area (Å²) in [6, 6.07) is 14.7. The van der Waals surface area contributed by atoms with Crippen molar-refractivity contribution in [2.75, 3.05) is 25.0 Å². The molecule has 0 radical (unpaired) electrons. The summed E-state index contributed by atoms with van der Waals surface area (Å²) in [5, 5.41) is 3.48. The zero-order chi connectivity index (χ0) is 14.9. The van der Waals surface area contributed by atoms with Crippen molar-refractivity contribution in [3.8, 4) is 0 Å². The second kappa shape index (κ2) is 8.42. The van der Waals surface area contributed by atoms with Crippen molar-refractivity contribution in [1.29, 1.82) is 0 Å². The summed E-state index contributed by atoms with van der Waals surface area (Å²) in [5.41, 5.74) is 3.80. The molecule has 0 bridgehead atoms. The molecule has 3 nitrogen and oxygen atoms in total. The van der Waals surface area contributed by atoms with Gasteiger partial charge in [-0.05, 0) is 36.7 Å². The van der Waals surface area contributed by atoms with Crippen molar-refractivity contribution in [1.82, 2.24) is 10.3 Å². The highest BCUT2D eigenvalue weighted by molar-refractivity contribution is 5.53. The number of benzene rings is 1. The molecule has 0 saturated carbocycles. The van der Waals surface area contributed by atoms with E-state index in [1.807, 2.05) is 18.3 Å². The molecule has 0 spiro atoms. The number of hydrogen-bond acceptors (Lipinski definition) is 3. The number of aromatic nitrogens is 1. The summed E-state index contributed by atoms with van der Waals surface area (Å²) >= 11 is 0. The highest BCUT2D eigenvalue weighted by Crippen LogP contribution is 2.19. The van der Waals surface area contributed by atoms with E-state index in [4.69, 9.17) is 0 Å². The van der Waals surface area contributed by atoms with E-state index in [2.05, 4.69) is 59.5 Å². The minimum Gasteiger partial charge on any atom is -0.374 e. The van der Waals surface area contributed by atoms with Crippen molar-refractivity contribution in [3.05, 3.63) is 59.9 Å². The van der Waals surface area contributed by atoms with Crippen LogP contribution in [-0.4, -0.2) is 25.1 Å². The van der Waals surface area contributed by atoms with Gasteiger partial charge in [0.15, 0.2) is 0 Å². The van der Waals surface area contributed by atoms with Crippen LogP contribution in [0.4, 0.5) is 5.69 Å². The Labute approximate surface area is 128 Å². The molecule has 0 unspecified atom stereocenters. The number of nitrogens with one attached hydrogen (secondary N) is 1. The van der Waals surface area contributed by atoms with E-state index in [1.54, 1.807) is 0 Å². The first-order valence-electron chi connectivity index (χ1n) is 7.71. The number of anilines is 1. The highest BCUT2D eigenvalue weighted by atomic mass is 15.1. The van der Waals surface area contributed by atoms with Gasteiger partial charge in [0, 0.05) is 44.1 Å². The van der Waals surface area contributed by atoms with Crippen LogP contribution in [0.1, 0.15) is 24.6 Å². The first-order chi connectivity index (χ1) is 10.3. The molecule has 1 aromatic carbocycles. The molecule has 1 aromatic heterocycles. The van der Waals surface area contributed by atoms with Gasteiger partial charge in [-0.25, -0.2) is 0 Å². The maximum atomic E-state index is 4.39. The summed E-state index contributed by atoms with van der Waals surface area (Å²) in [6.07, 6.45) is 3.99. The first-order valence-corrected chi connectivity index (χ1v) is 7.71. The molecule has 2 rings (SSSR count). The topological polar surface area (TPSA) is 28.2 Å². The molecule has 0 atom stereocenters. The van der Waals surface area contributed by atoms with Crippen LogP contribution >= 0.6 is 0 Å². The Balaban J connectivity index is 1.96. The number of hydrogen-bond donors (Lipinski definition) is 1. The van der Waals surface area contributed by atoms with Crippen LogP contribution < -0.4 is 10.2 Å². The van der Waals surface area contributed by atoms with Gasteiger partial charge in [0.1, 0.15) is 0 Å². The van der Waals surface area contributed by atoms with Gasteiger partial charge >= 0.3 is 0 Å². The standard InChI is InChI=1S/C18H25N3/c1-3-12-19-15-16-8-4-5-10-18(16)21(2)14-11-17-9-6-7-13-20-17/h4-10,13,19H,3,11-12,14-15H2,1-2H3. The molecule has 112 valence electrons. The van der Waals surface area contributed by atoms with Gasteiger partial charge in [-0.15, -0.1) is 0 Å². The minimum atomic E-state index is 0.929.